The Kier molecular flexibility index (Phi) is 4.58. The van der Waals surface area contributed by atoms with E-state index >= 15 is 0 Å². The van der Waals surface area contributed by atoms with E-state index in [1.54, 1.807) is 0 Å². The molecule has 0 radical (unpaired) electrons. The average molecular weight is 329 g/mol. The first kappa shape index (κ1) is 14.5. The summed E-state index contributed by atoms with van der Waals surface area (Å²) < 4.78 is 13.5. The maximum Gasteiger partial charge on any atom is 0.252 e. The van der Waals surface area contributed by atoms with E-state index in [1.807, 2.05) is 0 Å². The third-order valence-corrected chi connectivity index (χ3v) is 4.19. The molecule has 0 spiro atoms. The van der Waals surface area contributed by atoms with E-state index in [-0.39, 0.29) is 17.1 Å². The summed E-state index contributed by atoms with van der Waals surface area (Å²) in [6.45, 7) is 4.76. The molecule has 104 valence electrons. The predicted octanol–water partition coefficient (Wildman–Crippen LogP) is 2.71. The maximum absolute atomic E-state index is 13.0. The third-order valence-electron chi connectivity index (χ3n) is 3.54. The highest BCUT2D eigenvalue weighted by molar-refractivity contribution is 9.10. The number of carbonyl (C=O) groups excluding carboxylic acids is 1. The van der Waals surface area contributed by atoms with Crippen LogP contribution in [0, 0.1) is 11.2 Å². The van der Waals surface area contributed by atoms with E-state index in [2.05, 4.69) is 33.5 Å². The Morgan fingerprint density at radius 1 is 1.58 bits per heavy atom. The van der Waals surface area contributed by atoms with Crippen molar-refractivity contribution in [3.63, 3.8) is 0 Å². The van der Waals surface area contributed by atoms with Gasteiger partial charge in [0.15, 0.2) is 0 Å². The Morgan fingerprint density at radius 2 is 2.37 bits per heavy atom. The first-order valence-corrected chi connectivity index (χ1v) is 7.23. The van der Waals surface area contributed by atoms with E-state index in [0.717, 1.165) is 25.9 Å². The lowest BCUT2D eigenvalue weighted by atomic mass is 9.83. The number of carbonyl (C=O) groups is 1. The minimum atomic E-state index is -0.355. The highest BCUT2D eigenvalue weighted by atomic mass is 79.9. The quantitative estimate of drug-likeness (QED) is 0.895. The highest BCUT2D eigenvalue weighted by Gasteiger charge is 2.27. The summed E-state index contributed by atoms with van der Waals surface area (Å²) in [5, 5.41) is 6.29. The van der Waals surface area contributed by atoms with E-state index < -0.39 is 0 Å². The summed E-state index contributed by atoms with van der Waals surface area (Å²) >= 11 is 3.21. The topological polar surface area (TPSA) is 41.1 Å². The van der Waals surface area contributed by atoms with Crippen LogP contribution in [0.15, 0.2) is 22.7 Å². The second-order valence-electron chi connectivity index (χ2n) is 5.40. The number of amides is 1. The lowest BCUT2D eigenvalue weighted by Gasteiger charge is -2.34. The van der Waals surface area contributed by atoms with Crippen molar-refractivity contribution >= 4 is 21.8 Å². The first-order valence-electron chi connectivity index (χ1n) is 6.44. The van der Waals surface area contributed by atoms with Crippen LogP contribution in [0.2, 0.25) is 0 Å². The fraction of sp³-hybridized carbons (Fsp3) is 0.500. The van der Waals surface area contributed by atoms with Crippen molar-refractivity contribution in [3.8, 4) is 0 Å². The molecule has 0 aliphatic carbocycles. The van der Waals surface area contributed by atoms with Gasteiger partial charge in [-0.1, -0.05) is 6.92 Å². The fourth-order valence-corrected chi connectivity index (χ4v) is 2.86. The van der Waals surface area contributed by atoms with Crippen molar-refractivity contribution in [1.29, 1.82) is 0 Å². The molecule has 3 nitrogen and oxygen atoms in total. The molecule has 5 heteroatoms. The first-order chi connectivity index (χ1) is 9.00. The zero-order valence-electron chi connectivity index (χ0n) is 10.9. The van der Waals surface area contributed by atoms with Crippen molar-refractivity contribution in [2.24, 2.45) is 5.41 Å². The molecule has 1 aromatic carbocycles. The molecule has 1 atom stereocenters. The molecule has 1 amide bonds. The summed E-state index contributed by atoms with van der Waals surface area (Å²) in [6.07, 6.45) is 2.23. The molecule has 1 heterocycles. The minimum absolute atomic E-state index is 0.0976. The summed E-state index contributed by atoms with van der Waals surface area (Å²) in [7, 11) is 0. The standard InChI is InChI=1S/C14H18BrFN2O/c1-14(5-2-6-17-8-14)9-18-13(19)11-4-3-10(16)7-12(11)15/h3-4,7,17H,2,5-6,8-9H2,1H3,(H,18,19). The molecule has 0 aromatic heterocycles. The Bertz CT molecular complexity index is 473. The number of hydrogen-bond donors (Lipinski definition) is 2. The number of nitrogens with one attached hydrogen (secondary N) is 2. The molecule has 19 heavy (non-hydrogen) atoms. The zero-order valence-corrected chi connectivity index (χ0v) is 12.5. The number of rotatable bonds is 3. The molecule has 2 N–H and O–H groups in total. The Labute approximate surface area is 121 Å². The lowest BCUT2D eigenvalue weighted by molar-refractivity contribution is 0.0924. The number of benzene rings is 1. The number of hydrogen-bond acceptors (Lipinski definition) is 2. The third kappa shape index (κ3) is 3.76. The van der Waals surface area contributed by atoms with Crippen LogP contribution in [-0.4, -0.2) is 25.5 Å². The molecular weight excluding hydrogens is 311 g/mol. The second kappa shape index (κ2) is 6.01. The summed E-state index contributed by atoms with van der Waals surface area (Å²) in [5.41, 5.74) is 0.564. The van der Waals surface area contributed by atoms with Gasteiger partial charge in [0.1, 0.15) is 5.82 Å². The molecule has 1 saturated heterocycles. The number of piperidine rings is 1. The molecule has 1 unspecified atom stereocenters. The van der Waals surface area contributed by atoms with Crippen LogP contribution in [0.5, 0.6) is 0 Å². The molecule has 1 aliphatic rings. The summed E-state index contributed by atoms with van der Waals surface area (Å²) in [4.78, 5) is 12.1. The molecule has 0 bridgehead atoms. The normalized spacial score (nSPS) is 23.1. The van der Waals surface area contributed by atoms with Gasteiger partial charge in [0, 0.05) is 17.6 Å². The van der Waals surface area contributed by atoms with Gasteiger partial charge in [0.25, 0.3) is 5.91 Å². The van der Waals surface area contributed by atoms with Gasteiger partial charge < -0.3 is 10.6 Å². The molecule has 1 aromatic rings. The van der Waals surface area contributed by atoms with Crippen molar-refractivity contribution < 1.29 is 9.18 Å². The molecule has 1 aliphatic heterocycles. The van der Waals surface area contributed by atoms with Crippen molar-refractivity contribution in [2.45, 2.75) is 19.8 Å². The minimum Gasteiger partial charge on any atom is -0.351 e. The van der Waals surface area contributed by atoms with Crippen LogP contribution in [-0.2, 0) is 0 Å². The van der Waals surface area contributed by atoms with Gasteiger partial charge in [0.2, 0.25) is 0 Å². The second-order valence-corrected chi connectivity index (χ2v) is 6.25. The van der Waals surface area contributed by atoms with Gasteiger partial charge in [-0.25, -0.2) is 4.39 Å². The SMILES string of the molecule is CC1(CNC(=O)c2ccc(F)cc2Br)CCCNC1. The summed E-state index contributed by atoms with van der Waals surface area (Å²) in [5.74, 6) is -0.523. The van der Waals surface area contributed by atoms with Crippen LogP contribution in [0.1, 0.15) is 30.1 Å². The van der Waals surface area contributed by atoms with Crippen molar-refractivity contribution in [1.82, 2.24) is 10.6 Å². The van der Waals surface area contributed by atoms with Gasteiger partial charge in [-0.15, -0.1) is 0 Å². The van der Waals surface area contributed by atoms with E-state index in [9.17, 15) is 9.18 Å². The highest BCUT2D eigenvalue weighted by Crippen LogP contribution is 2.24. The van der Waals surface area contributed by atoms with E-state index in [0.29, 0.717) is 16.6 Å². The smallest absolute Gasteiger partial charge is 0.252 e. The van der Waals surface area contributed by atoms with Gasteiger partial charge in [-0.05, 0) is 58.9 Å². The van der Waals surface area contributed by atoms with Crippen molar-refractivity contribution in [2.75, 3.05) is 19.6 Å². The van der Waals surface area contributed by atoms with Crippen molar-refractivity contribution in [3.05, 3.63) is 34.1 Å². The van der Waals surface area contributed by atoms with E-state index in [4.69, 9.17) is 0 Å². The van der Waals surface area contributed by atoms with Gasteiger partial charge in [-0.2, -0.15) is 0 Å². The largest absolute Gasteiger partial charge is 0.351 e. The average Bonchev–Trinajstić information content (AvgIpc) is 2.37. The molecule has 1 fully saturated rings. The van der Waals surface area contributed by atoms with Crippen LogP contribution < -0.4 is 10.6 Å². The van der Waals surface area contributed by atoms with Gasteiger partial charge in [-0.3, -0.25) is 4.79 Å². The van der Waals surface area contributed by atoms with E-state index in [1.165, 1.54) is 18.2 Å². The van der Waals surface area contributed by atoms with Crippen LogP contribution in [0.25, 0.3) is 0 Å². The van der Waals surface area contributed by atoms with Gasteiger partial charge in [0.05, 0.1) is 5.56 Å². The van der Waals surface area contributed by atoms with Crippen LogP contribution in [0.3, 0.4) is 0 Å². The van der Waals surface area contributed by atoms with Crippen LogP contribution >= 0.6 is 15.9 Å². The Morgan fingerprint density at radius 3 is 3.00 bits per heavy atom. The maximum atomic E-state index is 13.0. The monoisotopic (exact) mass is 328 g/mol. The lowest BCUT2D eigenvalue weighted by Crippen LogP contribution is -2.45. The van der Waals surface area contributed by atoms with Crippen LogP contribution in [0.4, 0.5) is 4.39 Å². The van der Waals surface area contributed by atoms with Gasteiger partial charge >= 0.3 is 0 Å². The molecular formula is C14H18BrFN2O. The number of halogens is 2. The summed E-state index contributed by atoms with van der Waals surface area (Å²) in [6, 6.07) is 4.10. The molecule has 2 rings (SSSR count). The molecule has 0 saturated carbocycles. The Balaban J connectivity index is 1.97. The Hall–Kier alpha value is -0.940. The predicted molar refractivity (Wildman–Crippen MR) is 76.6 cm³/mol. The fourth-order valence-electron chi connectivity index (χ4n) is 2.33. The zero-order chi connectivity index (χ0) is 13.9.